The zero-order valence-corrected chi connectivity index (χ0v) is 11.3. The predicted octanol–water partition coefficient (Wildman–Crippen LogP) is 1.36. The molecule has 100 valence electrons. The molecule has 0 fully saturated rings. The largest absolute Gasteiger partial charge is 0.290 e. The summed E-state index contributed by atoms with van der Waals surface area (Å²) >= 11 is 0. The second kappa shape index (κ2) is 5.01. The first-order chi connectivity index (χ1) is 8.22. The van der Waals surface area contributed by atoms with E-state index in [1.54, 1.807) is 13.8 Å². The van der Waals surface area contributed by atoms with E-state index in [2.05, 4.69) is 4.84 Å². The van der Waals surface area contributed by atoms with Gasteiger partial charge in [-0.3, -0.25) is 15.0 Å². The molecule has 1 aromatic carbocycles. The maximum atomic E-state index is 11.9. The van der Waals surface area contributed by atoms with Gasteiger partial charge in [0.25, 0.3) is 15.7 Å². The van der Waals surface area contributed by atoms with E-state index in [0.717, 1.165) is 7.11 Å². The average molecular weight is 274 g/mol. The number of nitro groups is 1. The lowest BCUT2D eigenvalue weighted by Gasteiger charge is -2.12. The van der Waals surface area contributed by atoms with Crippen LogP contribution in [0.5, 0.6) is 0 Å². The van der Waals surface area contributed by atoms with Gasteiger partial charge in [0.05, 0.1) is 16.9 Å². The van der Waals surface area contributed by atoms with Gasteiger partial charge in [0, 0.05) is 11.1 Å². The highest BCUT2D eigenvalue weighted by Gasteiger charge is 2.27. The summed E-state index contributed by atoms with van der Waals surface area (Å²) in [5.74, 6) is 0. The molecule has 0 aliphatic carbocycles. The first-order valence-corrected chi connectivity index (χ1v) is 6.50. The lowest BCUT2D eigenvalue weighted by molar-refractivity contribution is -0.386. The topological polar surface area (TPSA) is 98.5 Å². The minimum atomic E-state index is -3.92. The van der Waals surface area contributed by atoms with E-state index in [1.165, 1.54) is 13.0 Å². The summed E-state index contributed by atoms with van der Waals surface area (Å²) in [6.07, 6.45) is 0. The standard InChI is InChI=1S/C10H14N2O5S/c1-6-5-7(2)10(18(15,16)11-17-4)8(3)9(6)12(13)14/h5,11H,1-4H3. The summed E-state index contributed by atoms with van der Waals surface area (Å²) < 4.78 is 23.8. The highest BCUT2D eigenvalue weighted by molar-refractivity contribution is 7.89. The van der Waals surface area contributed by atoms with Crippen molar-refractivity contribution >= 4 is 15.7 Å². The molecular formula is C10H14N2O5S. The molecule has 0 amide bonds. The Bertz CT molecular complexity index is 595. The fraction of sp³-hybridized carbons (Fsp3) is 0.400. The van der Waals surface area contributed by atoms with Crippen LogP contribution < -0.4 is 4.89 Å². The van der Waals surface area contributed by atoms with E-state index < -0.39 is 14.9 Å². The smallest absolute Gasteiger partial charge is 0.276 e. The summed E-state index contributed by atoms with van der Waals surface area (Å²) in [5.41, 5.74) is 0.755. The molecule has 0 radical (unpaired) electrons. The molecule has 1 N–H and O–H groups in total. The van der Waals surface area contributed by atoms with Crippen LogP contribution in [0, 0.1) is 30.9 Å². The van der Waals surface area contributed by atoms with Gasteiger partial charge in [-0.1, -0.05) is 4.89 Å². The molecule has 8 heteroatoms. The maximum absolute atomic E-state index is 11.9. The fourth-order valence-corrected chi connectivity index (χ4v) is 3.29. The third-order valence-electron chi connectivity index (χ3n) is 2.50. The second-order valence-electron chi connectivity index (χ2n) is 3.86. The van der Waals surface area contributed by atoms with Crippen molar-refractivity contribution < 1.29 is 18.2 Å². The normalized spacial score (nSPS) is 11.6. The van der Waals surface area contributed by atoms with Crippen LogP contribution in [0.3, 0.4) is 0 Å². The summed E-state index contributed by atoms with van der Waals surface area (Å²) in [6, 6.07) is 1.47. The molecule has 0 unspecified atom stereocenters. The Hall–Kier alpha value is -1.51. The Morgan fingerprint density at radius 3 is 2.28 bits per heavy atom. The predicted molar refractivity (Wildman–Crippen MR) is 64.6 cm³/mol. The van der Waals surface area contributed by atoms with Crippen molar-refractivity contribution in [1.82, 2.24) is 4.89 Å². The Morgan fingerprint density at radius 2 is 1.83 bits per heavy atom. The highest BCUT2D eigenvalue weighted by atomic mass is 32.2. The summed E-state index contributed by atoms with van der Waals surface area (Å²) in [5, 5.41) is 11.0. The highest BCUT2D eigenvalue weighted by Crippen LogP contribution is 2.31. The van der Waals surface area contributed by atoms with Crippen molar-refractivity contribution in [3.05, 3.63) is 32.9 Å². The number of sulfonamides is 1. The van der Waals surface area contributed by atoms with Crippen molar-refractivity contribution in [2.45, 2.75) is 25.7 Å². The first kappa shape index (κ1) is 14.6. The average Bonchev–Trinajstić information content (AvgIpc) is 2.14. The van der Waals surface area contributed by atoms with Gasteiger partial charge < -0.3 is 0 Å². The Labute approximate surface area is 105 Å². The number of benzene rings is 1. The van der Waals surface area contributed by atoms with E-state index in [4.69, 9.17) is 0 Å². The third-order valence-corrected chi connectivity index (χ3v) is 4.06. The van der Waals surface area contributed by atoms with Gasteiger partial charge in [0.1, 0.15) is 0 Å². The Morgan fingerprint density at radius 1 is 1.28 bits per heavy atom. The second-order valence-corrected chi connectivity index (χ2v) is 5.44. The molecule has 0 spiro atoms. The molecule has 7 nitrogen and oxygen atoms in total. The molecule has 0 heterocycles. The summed E-state index contributed by atoms with van der Waals surface area (Å²) in [6.45, 7) is 4.55. The van der Waals surface area contributed by atoms with Gasteiger partial charge in [0.2, 0.25) is 0 Å². The molecule has 18 heavy (non-hydrogen) atoms. The summed E-state index contributed by atoms with van der Waals surface area (Å²) in [4.78, 5) is 16.5. The SMILES string of the molecule is CONS(=O)(=O)c1c(C)cc(C)c([N+](=O)[O-])c1C. The van der Waals surface area contributed by atoms with E-state index in [-0.39, 0.29) is 16.1 Å². The molecule has 0 bridgehead atoms. The van der Waals surface area contributed by atoms with Gasteiger partial charge in [-0.2, -0.15) is 0 Å². The summed E-state index contributed by atoms with van der Waals surface area (Å²) in [7, 11) is -2.76. The van der Waals surface area contributed by atoms with E-state index in [9.17, 15) is 18.5 Å². The van der Waals surface area contributed by atoms with Crippen molar-refractivity contribution in [2.24, 2.45) is 0 Å². The monoisotopic (exact) mass is 274 g/mol. The number of nitrogens with one attached hydrogen (secondary N) is 1. The number of hydrogen-bond donors (Lipinski definition) is 1. The lowest BCUT2D eigenvalue weighted by atomic mass is 10.1. The molecule has 0 aliphatic heterocycles. The number of nitro benzene ring substituents is 1. The van der Waals surface area contributed by atoms with Gasteiger partial charge in [-0.25, -0.2) is 8.42 Å². The van der Waals surface area contributed by atoms with Crippen molar-refractivity contribution in [3.8, 4) is 0 Å². The van der Waals surface area contributed by atoms with Crippen molar-refractivity contribution in [2.75, 3.05) is 7.11 Å². The quantitative estimate of drug-likeness (QED) is 0.660. The van der Waals surface area contributed by atoms with Gasteiger partial charge in [-0.05, 0) is 32.4 Å². The van der Waals surface area contributed by atoms with Gasteiger partial charge in [-0.15, -0.1) is 0 Å². The Kier molecular flexibility index (Phi) is 4.05. The van der Waals surface area contributed by atoms with E-state index in [0.29, 0.717) is 11.1 Å². The van der Waals surface area contributed by atoms with Crippen LogP contribution in [0.1, 0.15) is 16.7 Å². The van der Waals surface area contributed by atoms with Crippen LogP contribution >= 0.6 is 0 Å². The Balaban J connectivity index is 3.66. The molecule has 1 rings (SSSR count). The number of aryl methyl sites for hydroxylation is 2. The number of hydrogen-bond acceptors (Lipinski definition) is 5. The zero-order chi connectivity index (χ0) is 14.1. The molecular weight excluding hydrogens is 260 g/mol. The van der Waals surface area contributed by atoms with Crippen LogP contribution in [0.2, 0.25) is 0 Å². The molecule has 0 saturated heterocycles. The molecule has 0 aromatic heterocycles. The third kappa shape index (κ3) is 2.50. The van der Waals surface area contributed by atoms with Crippen molar-refractivity contribution in [1.29, 1.82) is 0 Å². The minimum absolute atomic E-state index is 0.0991. The van der Waals surface area contributed by atoms with Crippen LogP contribution in [-0.2, 0) is 14.9 Å². The van der Waals surface area contributed by atoms with Crippen LogP contribution in [-0.4, -0.2) is 20.5 Å². The van der Waals surface area contributed by atoms with Crippen LogP contribution in [0.15, 0.2) is 11.0 Å². The zero-order valence-electron chi connectivity index (χ0n) is 10.5. The van der Waals surface area contributed by atoms with Crippen LogP contribution in [0.4, 0.5) is 5.69 Å². The van der Waals surface area contributed by atoms with Crippen LogP contribution in [0.25, 0.3) is 0 Å². The van der Waals surface area contributed by atoms with Gasteiger partial charge >= 0.3 is 0 Å². The fourth-order valence-electron chi connectivity index (χ4n) is 2.00. The van der Waals surface area contributed by atoms with Crippen molar-refractivity contribution in [3.63, 3.8) is 0 Å². The molecule has 0 atom stereocenters. The van der Waals surface area contributed by atoms with E-state index >= 15 is 0 Å². The maximum Gasteiger partial charge on any atom is 0.276 e. The van der Waals surface area contributed by atoms with Gasteiger partial charge in [0.15, 0.2) is 0 Å². The molecule has 0 saturated carbocycles. The first-order valence-electron chi connectivity index (χ1n) is 5.02. The minimum Gasteiger partial charge on any atom is -0.290 e. The molecule has 0 aliphatic rings. The number of rotatable bonds is 4. The van der Waals surface area contributed by atoms with E-state index in [1.807, 2.05) is 4.89 Å². The lowest BCUT2D eigenvalue weighted by Crippen LogP contribution is -2.24. The number of nitrogens with zero attached hydrogens (tertiary/aromatic N) is 1. The molecule has 1 aromatic rings.